The van der Waals surface area contributed by atoms with E-state index in [1.807, 2.05) is 0 Å². The van der Waals surface area contributed by atoms with Crippen molar-refractivity contribution in [2.45, 2.75) is 64.3 Å². The summed E-state index contributed by atoms with van der Waals surface area (Å²) in [5.74, 6) is 1.24. The number of rotatable bonds is 3. The second kappa shape index (κ2) is 7.56. The predicted molar refractivity (Wildman–Crippen MR) is 102 cm³/mol. The highest BCUT2D eigenvalue weighted by molar-refractivity contribution is 5.92. The third-order valence-electron chi connectivity index (χ3n) is 7.21. The number of hydrogen-bond acceptors (Lipinski definition) is 4. The smallest absolute Gasteiger partial charge is 0.271 e. The number of likely N-dealkylation sites (tertiary alicyclic amines) is 1. The molecule has 0 radical (unpaired) electrons. The average molecular weight is 370 g/mol. The molecule has 2 saturated carbocycles. The summed E-state index contributed by atoms with van der Waals surface area (Å²) in [5, 5.41) is 3.16. The van der Waals surface area contributed by atoms with Crippen molar-refractivity contribution >= 4 is 11.8 Å². The summed E-state index contributed by atoms with van der Waals surface area (Å²) in [4.78, 5) is 35.4. The average Bonchev–Trinajstić information content (AvgIpc) is 2.72. The fourth-order valence-corrected chi connectivity index (χ4v) is 5.11. The number of hydrogen-bond donors (Lipinski definition) is 1. The number of aromatic nitrogens is 2. The summed E-state index contributed by atoms with van der Waals surface area (Å²) < 4.78 is 0. The molecule has 2 heterocycles. The van der Waals surface area contributed by atoms with E-state index in [-0.39, 0.29) is 23.3 Å². The summed E-state index contributed by atoms with van der Waals surface area (Å²) in [5.41, 5.74) is 0.536. The third kappa shape index (κ3) is 3.71. The second-order valence-corrected chi connectivity index (χ2v) is 8.80. The Morgan fingerprint density at radius 1 is 1.07 bits per heavy atom. The molecule has 3 aliphatic rings. The zero-order chi connectivity index (χ0) is 18.9. The van der Waals surface area contributed by atoms with Crippen LogP contribution < -0.4 is 5.32 Å². The van der Waals surface area contributed by atoms with Gasteiger partial charge in [0, 0.05) is 37.4 Å². The van der Waals surface area contributed by atoms with Crippen LogP contribution in [0.15, 0.2) is 18.6 Å². The topological polar surface area (TPSA) is 75.2 Å². The van der Waals surface area contributed by atoms with E-state index in [1.54, 1.807) is 12.4 Å². The van der Waals surface area contributed by atoms with Crippen LogP contribution in [0.4, 0.5) is 0 Å². The van der Waals surface area contributed by atoms with Gasteiger partial charge in [-0.25, -0.2) is 4.98 Å². The van der Waals surface area contributed by atoms with Crippen LogP contribution in [-0.2, 0) is 4.79 Å². The molecule has 3 fully saturated rings. The van der Waals surface area contributed by atoms with E-state index in [9.17, 15) is 9.59 Å². The van der Waals surface area contributed by atoms with E-state index >= 15 is 0 Å². The van der Waals surface area contributed by atoms with Crippen molar-refractivity contribution in [3.05, 3.63) is 24.3 Å². The first-order valence-corrected chi connectivity index (χ1v) is 10.4. The van der Waals surface area contributed by atoms with Crippen molar-refractivity contribution in [3.8, 4) is 0 Å². The first-order chi connectivity index (χ1) is 13.1. The lowest BCUT2D eigenvalue weighted by molar-refractivity contribution is -0.141. The van der Waals surface area contributed by atoms with Crippen molar-refractivity contribution in [2.24, 2.45) is 17.3 Å². The van der Waals surface area contributed by atoms with Gasteiger partial charge in [0.1, 0.15) is 5.69 Å². The Morgan fingerprint density at radius 2 is 1.81 bits per heavy atom. The van der Waals surface area contributed by atoms with Crippen LogP contribution in [0.5, 0.6) is 0 Å². The molecule has 0 bridgehead atoms. The van der Waals surface area contributed by atoms with Gasteiger partial charge in [-0.15, -0.1) is 0 Å². The van der Waals surface area contributed by atoms with Crippen LogP contribution in [0.3, 0.4) is 0 Å². The number of carbonyl (C=O) groups is 2. The molecule has 1 saturated heterocycles. The molecule has 1 aromatic heterocycles. The number of carbonyl (C=O) groups excluding carboxylic acids is 2. The number of amides is 2. The zero-order valence-electron chi connectivity index (χ0n) is 16.2. The lowest BCUT2D eigenvalue weighted by Gasteiger charge is -2.54. The molecular formula is C21H30N4O2. The molecule has 1 spiro atoms. The molecule has 6 heteroatoms. The molecule has 27 heavy (non-hydrogen) atoms. The van der Waals surface area contributed by atoms with E-state index in [0.717, 1.165) is 57.5 Å². The molecule has 1 aromatic rings. The maximum absolute atomic E-state index is 12.9. The molecule has 2 aliphatic carbocycles. The lowest BCUT2D eigenvalue weighted by Crippen LogP contribution is -2.60. The SMILES string of the molecule is CC1CCC(C(=O)N2CCC3(CCC3NC(=O)c3cnccn3)CC2)CC1. The lowest BCUT2D eigenvalue weighted by atomic mass is 9.59. The van der Waals surface area contributed by atoms with Gasteiger partial charge in [0.05, 0.1) is 6.20 Å². The molecule has 2 amide bonds. The van der Waals surface area contributed by atoms with Gasteiger partial charge in [-0.2, -0.15) is 0 Å². The molecule has 6 nitrogen and oxygen atoms in total. The van der Waals surface area contributed by atoms with Crippen molar-refractivity contribution in [1.82, 2.24) is 20.2 Å². The van der Waals surface area contributed by atoms with Crippen molar-refractivity contribution in [2.75, 3.05) is 13.1 Å². The summed E-state index contributed by atoms with van der Waals surface area (Å²) >= 11 is 0. The maximum Gasteiger partial charge on any atom is 0.271 e. The van der Waals surface area contributed by atoms with E-state index in [1.165, 1.54) is 19.0 Å². The van der Waals surface area contributed by atoms with Crippen molar-refractivity contribution in [3.63, 3.8) is 0 Å². The Hall–Kier alpha value is -1.98. The van der Waals surface area contributed by atoms with Gasteiger partial charge in [0.15, 0.2) is 0 Å². The fraction of sp³-hybridized carbons (Fsp3) is 0.714. The number of nitrogens with one attached hydrogen (secondary N) is 1. The van der Waals surface area contributed by atoms with Gasteiger partial charge < -0.3 is 10.2 Å². The second-order valence-electron chi connectivity index (χ2n) is 8.80. The molecular weight excluding hydrogens is 340 g/mol. The van der Waals surface area contributed by atoms with Crippen molar-refractivity contribution < 1.29 is 9.59 Å². The molecule has 1 atom stereocenters. The Morgan fingerprint density at radius 3 is 2.41 bits per heavy atom. The van der Waals surface area contributed by atoms with Crippen LogP contribution >= 0.6 is 0 Å². The highest BCUT2D eigenvalue weighted by Gasteiger charge is 2.49. The first-order valence-electron chi connectivity index (χ1n) is 10.4. The summed E-state index contributed by atoms with van der Waals surface area (Å²) in [6, 6.07) is 0.194. The zero-order valence-corrected chi connectivity index (χ0v) is 16.2. The summed E-state index contributed by atoms with van der Waals surface area (Å²) in [7, 11) is 0. The summed E-state index contributed by atoms with van der Waals surface area (Å²) in [6.07, 6.45) is 13.2. The fourth-order valence-electron chi connectivity index (χ4n) is 5.11. The van der Waals surface area contributed by atoms with Gasteiger partial charge in [0.2, 0.25) is 5.91 Å². The highest BCUT2D eigenvalue weighted by Crippen LogP contribution is 2.49. The van der Waals surface area contributed by atoms with Crippen LogP contribution in [0, 0.1) is 17.3 Å². The number of nitrogens with zero attached hydrogens (tertiary/aromatic N) is 3. The van der Waals surface area contributed by atoms with E-state index in [0.29, 0.717) is 11.6 Å². The molecule has 4 rings (SSSR count). The summed E-state index contributed by atoms with van der Waals surface area (Å²) in [6.45, 7) is 3.96. The monoisotopic (exact) mass is 370 g/mol. The van der Waals surface area contributed by atoms with Crippen LogP contribution in [0.1, 0.15) is 68.8 Å². The minimum atomic E-state index is -0.137. The van der Waals surface area contributed by atoms with Crippen LogP contribution in [-0.4, -0.2) is 45.8 Å². The van der Waals surface area contributed by atoms with Gasteiger partial charge in [-0.3, -0.25) is 14.6 Å². The highest BCUT2D eigenvalue weighted by atomic mass is 16.2. The molecule has 1 aliphatic heterocycles. The Balaban J connectivity index is 1.30. The Bertz CT molecular complexity index is 677. The molecule has 1 N–H and O–H groups in total. The normalized spacial score (nSPS) is 29.8. The number of piperidine rings is 1. The van der Waals surface area contributed by atoms with Gasteiger partial charge in [-0.05, 0) is 62.7 Å². The third-order valence-corrected chi connectivity index (χ3v) is 7.21. The largest absolute Gasteiger partial charge is 0.347 e. The molecule has 146 valence electrons. The molecule has 1 unspecified atom stereocenters. The van der Waals surface area contributed by atoms with E-state index in [2.05, 4.69) is 27.1 Å². The van der Waals surface area contributed by atoms with Crippen LogP contribution in [0.25, 0.3) is 0 Å². The molecule has 0 aromatic carbocycles. The van der Waals surface area contributed by atoms with Gasteiger partial charge >= 0.3 is 0 Å². The van der Waals surface area contributed by atoms with E-state index in [4.69, 9.17) is 0 Å². The minimum absolute atomic E-state index is 0.137. The minimum Gasteiger partial charge on any atom is -0.347 e. The van der Waals surface area contributed by atoms with Gasteiger partial charge in [-0.1, -0.05) is 6.92 Å². The van der Waals surface area contributed by atoms with Gasteiger partial charge in [0.25, 0.3) is 5.91 Å². The quantitative estimate of drug-likeness (QED) is 0.888. The first kappa shape index (κ1) is 18.4. The Kier molecular flexibility index (Phi) is 5.15. The van der Waals surface area contributed by atoms with E-state index < -0.39 is 0 Å². The predicted octanol–water partition coefficient (Wildman–Crippen LogP) is 2.80. The standard InChI is InChI=1S/C21H30N4O2/c1-15-2-4-16(5-3-15)20(27)25-12-8-21(9-13-25)7-6-18(21)24-19(26)17-14-22-10-11-23-17/h10-11,14-16,18H,2-9,12-13H2,1H3,(H,24,26). The van der Waals surface area contributed by atoms with Crippen LogP contribution in [0.2, 0.25) is 0 Å². The Labute approximate surface area is 161 Å². The maximum atomic E-state index is 12.9. The van der Waals surface area contributed by atoms with Crippen molar-refractivity contribution in [1.29, 1.82) is 0 Å².